The Bertz CT molecular complexity index is 726. The second-order valence-corrected chi connectivity index (χ2v) is 6.55. The van der Waals surface area contributed by atoms with Crippen molar-refractivity contribution in [2.75, 3.05) is 30.8 Å². The van der Waals surface area contributed by atoms with Gasteiger partial charge in [0.1, 0.15) is 11.6 Å². The van der Waals surface area contributed by atoms with Crippen LogP contribution in [-0.2, 0) is 4.79 Å². The highest BCUT2D eigenvalue weighted by Crippen LogP contribution is 2.33. The third kappa shape index (κ3) is 3.64. The number of carbonyl (C=O) groups is 1. The molecule has 1 amide bonds. The zero-order valence-electron chi connectivity index (χ0n) is 13.4. The summed E-state index contributed by atoms with van der Waals surface area (Å²) < 4.78 is 19.5. The van der Waals surface area contributed by atoms with Crippen LogP contribution >= 0.6 is 11.8 Å². The van der Waals surface area contributed by atoms with Crippen molar-refractivity contribution < 1.29 is 13.9 Å². The number of para-hydroxylation sites is 2. The molecule has 1 N–H and O–H groups in total. The average Bonchev–Trinajstić information content (AvgIpc) is 2.62. The van der Waals surface area contributed by atoms with Gasteiger partial charge in [-0.2, -0.15) is 0 Å². The fourth-order valence-corrected chi connectivity index (χ4v) is 3.56. The van der Waals surface area contributed by atoms with E-state index >= 15 is 0 Å². The maximum atomic E-state index is 13.7. The molecule has 0 aromatic heterocycles. The summed E-state index contributed by atoms with van der Waals surface area (Å²) in [5.41, 5.74) is 0.965. The monoisotopic (exact) mass is 346 g/mol. The van der Waals surface area contributed by atoms with Crippen LogP contribution in [0.1, 0.15) is 0 Å². The van der Waals surface area contributed by atoms with Crippen LogP contribution in [0.15, 0.2) is 53.4 Å². The molecule has 0 bridgehead atoms. The summed E-state index contributed by atoms with van der Waals surface area (Å²) in [6.45, 7) is 1.18. The third-order valence-electron chi connectivity index (χ3n) is 3.86. The minimum Gasteiger partial charge on any atom is -0.477 e. The molecule has 1 atom stereocenters. The smallest absolute Gasteiger partial charge is 0.262 e. The molecule has 1 aliphatic rings. The standard InChI is InChI=1S/C18H19FN2O2S/c1-20-18(22)16-12-21(14-7-3-4-8-15(14)23-16)10-11-24-17-9-5-2-6-13(17)19/h2-9,16H,10-12H2,1H3,(H,20,22)/t16-/m1/s1. The minimum absolute atomic E-state index is 0.142. The van der Waals surface area contributed by atoms with E-state index in [9.17, 15) is 9.18 Å². The third-order valence-corrected chi connectivity index (χ3v) is 4.88. The molecule has 2 aromatic rings. The first-order chi connectivity index (χ1) is 11.7. The summed E-state index contributed by atoms with van der Waals surface area (Å²) in [7, 11) is 1.60. The molecule has 0 radical (unpaired) electrons. The zero-order valence-corrected chi connectivity index (χ0v) is 14.2. The fraction of sp³-hybridized carbons (Fsp3) is 0.278. The second-order valence-electron chi connectivity index (χ2n) is 5.41. The molecule has 1 heterocycles. The van der Waals surface area contributed by atoms with Gasteiger partial charge in [0.15, 0.2) is 6.10 Å². The fourth-order valence-electron chi connectivity index (χ4n) is 2.64. The number of nitrogens with one attached hydrogen (secondary N) is 1. The summed E-state index contributed by atoms with van der Waals surface area (Å²) in [5.74, 6) is 1.08. The number of halogens is 1. The molecule has 24 heavy (non-hydrogen) atoms. The maximum absolute atomic E-state index is 13.7. The van der Waals surface area contributed by atoms with Gasteiger partial charge in [0.2, 0.25) is 0 Å². The molecule has 1 aliphatic heterocycles. The molecule has 0 saturated heterocycles. The lowest BCUT2D eigenvalue weighted by Crippen LogP contribution is -2.48. The van der Waals surface area contributed by atoms with Gasteiger partial charge in [-0.15, -0.1) is 11.8 Å². The molecule has 0 spiro atoms. The van der Waals surface area contributed by atoms with Gasteiger partial charge in [-0.25, -0.2) is 4.39 Å². The number of fused-ring (bicyclic) bond motifs is 1. The molecular formula is C18H19FN2O2S. The van der Waals surface area contributed by atoms with Crippen LogP contribution in [0.25, 0.3) is 0 Å². The summed E-state index contributed by atoms with van der Waals surface area (Å²) >= 11 is 1.47. The normalized spacial score (nSPS) is 16.2. The number of benzene rings is 2. The number of carbonyl (C=O) groups excluding carboxylic acids is 1. The van der Waals surface area contributed by atoms with E-state index in [0.29, 0.717) is 23.7 Å². The summed E-state index contributed by atoms with van der Waals surface area (Å²) in [5, 5.41) is 2.63. The zero-order chi connectivity index (χ0) is 16.9. The Labute approximate surface area is 145 Å². The topological polar surface area (TPSA) is 41.6 Å². The van der Waals surface area contributed by atoms with E-state index in [1.165, 1.54) is 17.8 Å². The molecule has 0 fully saturated rings. The highest BCUT2D eigenvalue weighted by molar-refractivity contribution is 7.99. The van der Waals surface area contributed by atoms with Crippen molar-refractivity contribution in [1.82, 2.24) is 5.32 Å². The predicted molar refractivity (Wildman–Crippen MR) is 94.3 cm³/mol. The van der Waals surface area contributed by atoms with Gasteiger partial charge in [-0.05, 0) is 24.3 Å². The number of amides is 1. The van der Waals surface area contributed by atoms with E-state index in [2.05, 4.69) is 10.2 Å². The molecular weight excluding hydrogens is 327 g/mol. The minimum atomic E-state index is -0.539. The quantitative estimate of drug-likeness (QED) is 0.846. The molecule has 3 rings (SSSR count). The van der Waals surface area contributed by atoms with Crippen molar-refractivity contribution in [2.45, 2.75) is 11.0 Å². The largest absolute Gasteiger partial charge is 0.477 e. The van der Waals surface area contributed by atoms with Crippen LogP contribution in [0.2, 0.25) is 0 Å². The number of likely N-dealkylation sites (N-methyl/N-ethyl adjacent to an activating group) is 1. The van der Waals surface area contributed by atoms with Crippen LogP contribution in [0.3, 0.4) is 0 Å². The lowest BCUT2D eigenvalue weighted by atomic mass is 10.2. The van der Waals surface area contributed by atoms with Gasteiger partial charge in [-0.1, -0.05) is 24.3 Å². The lowest BCUT2D eigenvalue weighted by Gasteiger charge is -2.35. The van der Waals surface area contributed by atoms with Gasteiger partial charge in [0, 0.05) is 24.2 Å². The number of thioether (sulfide) groups is 1. The van der Waals surface area contributed by atoms with E-state index < -0.39 is 6.10 Å². The summed E-state index contributed by atoms with van der Waals surface area (Å²) in [6, 6.07) is 14.4. The Morgan fingerprint density at radius 3 is 2.83 bits per heavy atom. The van der Waals surface area contributed by atoms with Crippen LogP contribution < -0.4 is 15.0 Å². The molecule has 0 aliphatic carbocycles. The molecule has 126 valence electrons. The molecule has 4 nitrogen and oxygen atoms in total. The number of nitrogens with zero attached hydrogens (tertiary/aromatic N) is 1. The van der Waals surface area contributed by atoms with E-state index in [4.69, 9.17) is 4.74 Å². The van der Waals surface area contributed by atoms with Crippen LogP contribution in [0.4, 0.5) is 10.1 Å². The molecule has 0 unspecified atom stereocenters. The predicted octanol–water partition coefficient (Wildman–Crippen LogP) is 2.93. The first kappa shape index (κ1) is 16.6. The first-order valence-electron chi connectivity index (χ1n) is 7.78. The summed E-state index contributed by atoms with van der Waals surface area (Å²) in [4.78, 5) is 14.7. The lowest BCUT2D eigenvalue weighted by molar-refractivity contribution is -0.127. The SMILES string of the molecule is CNC(=O)[C@H]1CN(CCSc2ccccc2F)c2ccccc2O1. The Morgan fingerprint density at radius 2 is 2.04 bits per heavy atom. The van der Waals surface area contributed by atoms with Crippen molar-refractivity contribution in [1.29, 1.82) is 0 Å². The van der Waals surface area contributed by atoms with Crippen molar-refractivity contribution in [3.05, 3.63) is 54.3 Å². The Kier molecular flexibility index (Phi) is 5.25. The maximum Gasteiger partial charge on any atom is 0.262 e. The van der Waals surface area contributed by atoms with E-state index in [0.717, 1.165) is 11.4 Å². The van der Waals surface area contributed by atoms with Crippen molar-refractivity contribution >= 4 is 23.4 Å². The van der Waals surface area contributed by atoms with Gasteiger partial charge in [-0.3, -0.25) is 4.79 Å². The van der Waals surface area contributed by atoms with Gasteiger partial charge < -0.3 is 15.0 Å². The molecule has 0 saturated carbocycles. The first-order valence-corrected chi connectivity index (χ1v) is 8.77. The van der Waals surface area contributed by atoms with Crippen molar-refractivity contribution in [2.24, 2.45) is 0 Å². The molecule has 6 heteroatoms. The number of rotatable bonds is 5. The van der Waals surface area contributed by atoms with Crippen molar-refractivity contribution in [3.8, 4) is 5.75 Å². The Balaban J connectivity index is 1.69. The van der Waals surface area contributed by atoms with E-state index in [1.807, 2.05) is 30.3 Å². The number of anilines is 1. The Morgan fingerprint density at radius 1 is 1.29 bits per heavy atom. The summed E-state index contributed by atoms with van der Waals surface area (Å²) in [6.07, 6.45) is -0.539. The number of ether oxygens (including phenoxy) is 1. The van der Waals surface area contributed by atoms with Crippen molar-refractivity contribution in [3.63, 3.8) is 0 Å². The highest BCUT2D eigenvalue weighted by atomic mass is 32.2. The Hall–Kier alpha value is -2.21. The highest BCUT2D eigenvalue weighted by Gasteiger charge is 2.29. The second kappa shape index (κ2) is 7.57. The number of hydrogen-bond acceptors (Lipinski definition) is 4. The van der Waals surface area contributed by atoms with Gasteiger partial charge >= 0.3 is 0 Å². The average molecular weight is 346 g/mol. The number of hydrogen-bond donors (Lipinski definition) is 1. The van der Waals surface area contributed by atoms with E-state index in [1.54, 1.807) is 19.2 Å². The van der Waals surface area contributed by atoms with Crippen LogP contribution in [0.5, 0.6) is 5.75 Å². The van der Waals surface area contributed by atoms with Crippen LogP contribution in [-0.4, -0.2) is 37.9 Å². The molecule has 2 aromatic carbocycles. The van der Waals surface area contributed by atoms with Gasteiger partial charge in [0.05, 0.1) is 12.2 Å². The van der Waals surface area contributed by atoms with Gasteiger partial charge in [0.25, 0.3) is 5.91 Å². The van der Waals surface area contributed by atoms with E-state index in [-0.39, 0.29) is 11.7 Å². The van der Waals surface area contributed by atoms with Crippen LogP contribution in [0, 0.1) is 5.82 Å².